The fourth-order valence-corrected chi connectivity index (χ4v) is 4.10. The number of halogens is 1. The van der Waals surface area contributed by atoms with Gasteiger partial charge in [0, 0.05) is 32.2 Å². The maximum atomic E-state index is 12.5. The Bertz CT molecular complexity index is 797. The monoisotopic (exact) mass is 403 g/mol. The van der Waals surface area contributed by atoms with E-state index in [-0.39, 0.29) is 6.03 Å². The molecule has 28 heavy (non-hydrogen) atoms. The van der Waals surface area contributed by atoms with Crippen LogP contribution in [0.25, 0.3) is 11.5 Å². The first kappa shape index (κ1) is 19.2. The molecular formula is C20H26ClN5O2. The molecule has 2 fully saturated rings. The van der Waals surface area contributed by atoms with Gasteiger partial charge in [0.2, 0.25) is 0 Å². The Kier molecular flexibility index (Phi) is 6.12. The number of rotatable bonds is 4. The number of piperazine rings is 1. The first-order chi connectivity index (χ1) is 13.7. The van der Waals surface area contributed by atoms with Gasteiger partial charge in [0.05, 0.1) is 17.1 Å². The molecular weight excluding hydrogens is 378 g/mol. The molecule has 4 rings (SSSR count). The number of nitrogens with zero attached hydrogens (tertiary/aromatic N) is 4. The van der Waals surface area contributed by atoms with Crippen molar-refractivity contribution >= 4 is 17.6 Å². The van der Waals surface area contributed by atoms with E-state index in [4.69, 9.17) is 16.1 Å². The van der Waals surface area contributed by atoms with E-state index < -0.39 is 0 Å². The number of amides is 2. The summed E-state index contributed by atoms with van der Waals surface area (Å²) in [6, 6.07) is 7.85. The molecule has 2 amide bonds. The normalized spacial score (nSPS) is 19.0. The molecule has 0 radical (unpaired) electrons. The summed E-state index contributed by atoms with van der Waals surface area (Å²) in [5.74, 6) is 1.07. The van der Waals surface area contributed by atoms with Crippen LogP contribution in [0.5, 0.6) is 0 Å². The van der Waals surface area contributed by atoms with Crippen molar-refractivity contribution < 1.29 is 9.32 Å². The van der Waals surface area contributed by atoms with E-state index in [1.54, 1.807) is 6.07 Å². The Morgan fingerprint density at radius 2 is 1.89 bits per heavy atom. The van der Waals surface area contributed by atoms with Crippen LogP contribution in [-0.2, 0) is 6.54 Å². The highest BCUT2D eigenvalue weighted by molar-refractivity contribution is 6.33. The number of nitrogens with one attached hydrogen (secondary N) is 1. The lowest BCUT2D eigenvalue weighted by molar-refractivity contribution is 0.129. The van der Waals surface area contributed by atoms with Crippen molar-refractivity contribution in [3.8, 4) is 11.5 Å². The van der Waals surface area contributed by atoms with E-state index in [1.165, 1.54) is 19.3 Å². The van der Waals surface area contributed by atoms with E-state index >= 15 is 0 Å². The highest BCUT2D eigenvalue weighted by atomic mass is 35.5. The topological polar surface area (TPSA) is 74.5 Å². The first-order valence-electron chi connectivity index (χ1n) is 10.0. The Morgan fingerprint density at radius 3 is 2.64 bits per heavy atom. The van der Waals surface area contributed by atoms with Gasteiger partial charge in [-0.2, -0.15) is 4.98 Å². The largest absolute Gasteiger partial charge is 0.335 e. The average molecular weight is 404 g/mol. The summed E-state index contributed by atoms with van der Waals surface area (Å²) in [5, 5.41) is 7.87. The van der Waals surface area contributed by atoms with Crippen molar-refractivity contribution in [2.24, 2.45) is 0 Å². The Hall–Kier alpha value is -2.12. The fourth-order valence-electron chi connectivity index (χ4n) is 3.88. The quantitative estimate of drug-likeness (QED) is 0.844. The summed E-state index contributed by atoms with van der Waals surface area (Å²) < 4.78 is 5.37. The van der Waals surface area contributed by atoms with Gasteiger partial charge in [-0.25, -0.2) is 4.79 Å². The summed E-state index contributed by atoms with van der Waals surface area (Å²) in [5.41, 5.74) is 0.743. The number of benzene rings is 1. The minimum absolute atomic E-state index is 0.0760. The van der Waals surface area contributed by atoms with Crippen molar-refractivity contribution in [3.63, 3.8) is 0 Å². The first-order valence-corrected chi connectivity index (χ1v) is 10.4. The summed E-state index contributed by atoms with van der Waals surface area (Å²) in [7, 11) is 0. The summed E-state index contributed by atoms with van der Waals surface area (Å²) in [6.45, 7) is 3.63. The summed E-state index contributed by atoms with van der Waals surface area (Å²) >= 11 is 6.19. The van der Waals surface area contributed by atoms with Gasteiger partial charge in [0.15, 0.2) is 5.82 Å². The molecule has 2 aliphatic rings. The van der Waals surface area contributed by atoms with Gasteiger partial charge in [-0.1, -0.05) is 48.2 Å². The molecule has 2 aromatic rings. The second kappa shape index (κ2) is 8.92. The number of aromatic nitrogens is 2. The van der Waals surface area contributed by atoms with E-state index in [0.717, 1.165) is 31.5 Å². The van der Waals surface area contributed by atoms with Gasteiger partial charge in [-0.05, 0) is 25.0 Å². The number of carbonyl (C=O) groups is 1. The molecule has 1 saturated heterocycles. The Labute approximate surface area is 170 Å². The molecule has 1 saturated carbocycles. The van der Waals surface area contributed by atoms with Gasteiger partial charge in [0.1, 0.15) is 0 Å². The SMILES string of the molecule is O=C(NC1CCCCC1)N1CCN(Cc2noc(-c3ccccc3Cl)n2)CC1. The van der Waals surface area contributed by atoms with E-state index in [1.807, 2.05) is 23.1 Å². The minimum atomic E-state index is 0.0760. The summed E-state index contributed by atoms with van der Waals surface area (Å²) in [6.07, 6.45) is 5.95. The van der Waals surface area contributed by atoms with Gasteiger partial charge < -0.3 is 14.7 Å². The van der Waals surface area contributed by atoms with E-state index in [9.17, 15) is 4.79 Å². The van der Waals surface area contributed by atoms with Crippen LogP contribution in [0.2, 0.25) is 5.02 Å². The molecule has 1 aromatic heterocycles. The van der Waals surface area contributed by atoms with Crippen molar-refractivity contribution in [1.29, 1.82) is 0 Å². The second-order valence-electron chi connectivity index (χ2n) is 7.54. The van der Waals surface area contributed by atoms with Crippen LogP contribution >= 0.6 is 11.6 Å². The zero-order valence-corrected chi connectivity index (χ0v) is 16.7. The van der Waals surface area contributed by atoms with Crippen molar-refractivity contribution in [1.82, 2.24) is 25.3 Å². The third-order valence-corrected chi connectivity index (χ3v) is 5.86. The number of carbonyl (C=O) groups excluding carboxylic acids is 1. The molecule has 150 valence electrons. The second-order valence-corrected chi connectivity index (χ2v) is 7.95. The molecule has 1 aliphatic carbocycles. The number of hydrogen-bond donors (Lipinski definition) is 1. The zero-order valence-electron chi connectivity index (χ0n) is 15.9. The predicted octanol–water partition coefficient (Wildman–Crippen LogP) is 3.55. The molecule has 0 spiro atoms. The molecule has 1 aromatic carbocycles. The average Bonchev–Trinajstić information content (AvgIpc) is 3.18. The zero-order chi connectivity index (χ0) is 19.3. The number of hydrogen-bond acceptors (Lipinski definition) is 5. The highest BCUT2D eigenvalue weighted by Crippen LogP contribution is 2.26. The highest BCUT2D eigenvalue weighted by Gasteiger charge is 2.24. The molecule has 0 atom stereocenters. The molecule has 8 heteroatoms. The van der Waals surface area contributed by atoms with Crippen LogP contribution < -0.4 is 5.32 Å². The summed E-state index contributed by atoms with van der Waals surface area (Å²) in [4.78, 5) is 21.1. The van der Waals surface area contributed by atoms with Crippen LogP contribution in [0, 0.1) is 0 Å². The maximum Gasteiger partial charge on any atom is 0.317 e. The van der Waals surface area contributed by atoms with Crippen LogP contribution in [-0.4, -0.2) is 58.2 Å². The Morgan fingerprint density at radius 1 is 1.14 bits per heavy atom. The Balaban J connectivity index is 1.27. The molecule has 1 aliphatic heterocycles. The maximum absolute atomic E-state index is 12.5. The van der Waals surface area contributed by atoms with Gasteiger partial charge in [0.25, 0.3) is 5.89 Å². The molecule has 1 N–H and O–H groups in total. The third kappa shape index (κ3) is 4.64. The molecule has 0 unspecified atom stereocenters. The lowest BCUT2D eigenvalue weighted by atomic mass is 9.96. The molecule has 7 nitrogen and oxygen atoms in total. The van der Waals surface area contributed by atoms with Crippen LogP contribution in [0.3, 0.4) is 0 Å². The van der Waals surface area contributed by atoms with E-state index in [2.05, 4.69) is 20.4 Å². The lowest BCUT2D eigenvalue weighted by Gasteiger charge is -2.35. The number of urea groups is 1. The van der Waals surface area contributed by atoms with Crippen LogP contribution in [0.4, 0.5) is 4.79 Å². The fraction of sp³-hybridized carbons (Fsp3) is 0.550. The molecule has 0 bridgehead atoms. The predicted molar refractivity (Wildman–Crippen MR) is 107 cm³/mol. The smallest absolute Gasteiger partial charge is 0.317 e. The van der Waals surface area contributed by atoms with Gasteiger partial charge in [-0.3, -0.25) is 4.90 Å². The lowest BCUT2D eigenvalue weighted by Crippen LogP contribution is -2.53. The van der Waals surface area contributed by atoms with Crippen molar-refractivity contribution in [3.05, 3.63) is 35.1 Å². The van der Waals surface area contributed by atoms with E-state index in [0.29, 0.717) is 42.4 Å². The minimum Gasteiger partial charge on any atom is -0.335 e. The van der Waals surface area contributed by atoms with Crippen LogP contribution in [0.1, 0.15) is 37.9 Å². The third-order valence-electron chi connectivity index (χ3n) is 5.53. The van der Waals surface area contributed by atoms with Crippen molar-refractivity contribution in [2.75, 3.05) is 26.2 Å². The van der Waals surface area contributed by atoms with Crippen molar-refractivity contribution in [2.45, 2.75) is 44.7 Å². The standard InChI is InChI=1S/C20H26ClN5O2/c21-17-9-5-4-8-16(17)19-23-18(24-28-19)14-25-10-12-26(13-11-25)20(27)22-15-6-2-1-3-7-15/h4-5,8-9,15H,1-3,6-7,10-14H2,(H,22,27). The molecule has 2 heterocycles. The van der Waals surface area contributed by atoms with Gasteiger partial charge in [-0.15, -0.1) is 0 Å². The van der Waals surface area contributed by atoms with Crippen LogP contribution in [0.15, 0.2) is 28.8 Å². The van der Waals surface area contributed by atoms with Gasteiger partial charge >= 0.3 is 6.03 Å².